The fourth-order valence-corrected chi connectivity index (χ4v) is 3.32. The molecule has 0 aliphatic heterocycles. The molecular weight excluding hydrogens is 256 g/mol. The highest BCUT2D eigenvalue weighted by Crippen LogP contribution is 2.19. The van der Waals surface area contributed by atoms with Crippen molar-refractivity contribution in [3.63, 3.8) is 0 Å². The molecule has 0 unspecified atom stereocenters. The van der Waals surface area contributed by atoms with Gasteiger partial charge >= 0.3 is 5.97 Å². The summed E-state index contributed by atoms with van der Waals surface area (Å²) in [5.74, 6) is -1.40. The molecule has 0 spiro atoms. The molecule has 1 atom stereocenters. The first-order valence-electron chi connectivity index (χ1n) is 4.18. The minimum atomic E-state index is -3.94. The van der Waals surface area contributed by atoms with Crippen molar-refractivity contribution in [1.29, 1.82) is 0 Å². The maximum absolute atomic E-state index is 11.7. The van der Waals surface area contributed by atoms with Gasteiger partial charge in [0.25, 0.3) is 10.0 Å². The van der Waals surface area contributed by atoms with E-state index < -0.39 is 27.7 Å². The lowest BCUT2D eigenvalue weighted by atomic mass is 10.4. The number of carboxylic acid groups (broad SMARTS) is 1. The van der Waals surface area contributed by atoms with E-state index >= 15 is 0 Å². The summed E-state index contributed by atoms with van der Waals surface area (Å²) >= 11 is 0.713. The largest absolute Gasteiger partial charge is 0.476 e. The molecule has 0 radical (unpaired) electrons. The monoisotopic (exact) mass is 266 g/mol. The van der Waals surface area contributed by atoms with Gasteiger partial charge in [0.15, 0.2) is 9.90 Å². The van der Waals surface area contributed by atoms with Crippen LogP contribution in [0, 0.1) is 0 Å². The molecule has 7 nitrogen and oxygen atoms in total. The fraction of sp³-hybridized carbons (Fsp3) is 0.429. The molecule has 1 aromatic heterocycles. The zero-order chi connectivity index (χ0) is 12.3. The molecule has 16 heavy (non-hydrogen) atoms. The van der Waals surface area contributed by atoms with Crippen LogP contribution in [0.15, 0.2) is 9.72 Å². The molecule has 0 aliphatic carbocycles. The first kappa shape index (κ1) is 13.0. The van der Waals surface area contributed by atoms with E-state index in [0.717, 1.165) is 5.51 Å². The molecule has 0 fully saturated rings. The number of hydrogen-bond acceptors (Lipinski definition) is 6. The van der Waals surface area contributed by atoms with Crippen molar-refractivity contribution >= 4 is 27.3 Å². The van der Waals surface area contributed by atoms with Gasteiger partial charge in [-0.2, -0.15) is 0 Å². The molecule has 0 bridgehead atoms. The minimum absolute atomic E-state index is 0.361. The van der Waals surface area contributed by atoms with Gasteiger partial charge in [0.2, 0.25) is 0 Å². The Morgan fingerprint density at radius 1 is 1.69 bits per heavy atom. The summed E-state index contributed by atoms with van der Waals surface area (Å²) in [5.41, 5.74) is 0.629. The average Bonchev–Trinajstić information content (AvgIpc) is 2.65. The summed E-state index contributed by atoms with van der Waals surface area (Å²) in [7, 11) is -3.94. The van der Waals surface area contributed by atoms with Crippen molar-refractivity contribution in [1.82, 2.24) is 9.71 Å². The van der Waals surface area contributed by atoms with Crippen LogP contribution in [0.4, 0.5) is 0 Å². The van der Waals surface area contributed by atoms with E-state index in [-0.39, 0.29) is 10.8 Å². The first-order valence-corrected chi connectivity index (χ1v) is 6.54. The summed E-state index contributed by atoms with van der Waals surface area (Å²) in [4.78, 5) is 14.1. The average molecular weight is 266 g/mol. The summed E-state index contributed by atoms with van der Waals surface area (Å²) < 4.78 is 25.1. The standard InChI is InChI=1S/C7H10N2O5S2/c1-4(2-10)9-16(13,14)7-5(6(11)12)8-3-15-7/h3-4,9-10H,2H2,1H3,(H,11,12)/t4-/m0/s1. The van der Waals surface area contributed by atoms with E-state index in [1.54, 1.807) is 0 Å². The third-order valence-electron chi connectivity index (χ3n) is 1.61. The van der Waals surface area contributed by atoms with Crippen molar-refractivity contribution in [2.75, 3.05) is 6.61 Å². The lowest BCUT2D eigenvalue weighted by Crippen LogP contribution is -2.35. The number of carbonyl (C=O) groups is 1. The predicted molar refractivity (Wildman–Crippen MR) is 55.9 cm³/mol. The van der Waals surface area contributed by atoms with Gasteiger partial charge in [-0.25, -0.2) is 22.9 Å². The Balaban J connectivity index is 3.08. The SMILES string of the molecule is C[C@@H](CO)NS(=O)(=O)c1scnc1C(=O)O. The second kappa shape index (κ2) is 4.87. The van der Waals surface area contributed by atoms with Crippen molar-refractivity contribution in [2.45, 2.75) is 17.2 Å². The van der Waals surface area contributed by atoms with E-state index in [4.69, 9.17) is 10.2 Å². The van der Waals surface area contributed by atoms with Gasteiger partial charge in [0.05, 0.1) is 12.1 Å². The molecule has 0 saturated carbocycles. The molecule has 0 aromatic carbocycles. The Labute approximate surface area is 95.8 Å². The van der Waals surface area contributed by atoms with Crippen LogP contribution < -0.4 is 4.72 Å². The van der Waals surface area contributed by atoms with Gasteiger partial charge in [-0.1, -0.05) is 0 Å². The van der Waals surface area contributed by atoms with Gasteiger partial charge in [-0.05, 0) is 6.92 Å². The Morgan fingerprint density at radius 3 is 2.81 bits per heavy atom. The zero-order valence-corrected chi connectivity index (χ0v) is 9.88. The van der Waals surface area contributed by atoms with E-state index in [1.165, 1.54) is 6.92 Å². The molecule has 90 valence electrons. The van der Waals surface area contributed by atoms with Crippen molar-refractivity contribution in [3.05, 3.63) is 11.2 Å². The lowest BCUT2D eigenvalue weighted by molar-refractivity contribution is 0.0687. The van der Waals surface area contributed by atoms with Gasteiger partial charge in [0, 0.05) is 6.04 Å². The molecule has 1 aromatic rings. The summed E-state index contributed by atoms with van der Waals surface area (Å²) in [6, 6.07) is -0.686. The van der Waals surface area contributed by atoms with Gasteiger partial charge in [-0.3, -0.25) is 0 Å². The molecular formula is C7H10N2O5S2. The maximum atomic E-state index is 11.7. The molecule has 0 amide bonds. The van der Waals surface area contributed by atoms with Crippen molar-refractivity contribution in [3.8, 4) is 0 Å². The molecule has 0 aliphatic rings. The van der Waals surface area contributed by atoms with Gasteiger partial charge in [-0.15, -0.1) is 11.3 Å². The van der Waals surface area contributed by atoms with E-state index in [1.807, 2.05) is 0 Å². The highest BCUT2D eigenvalue weighted by Gasteiger charge is 2.26. The summed E-state index contributed by atoms with van der Waals surface area (Å²) in [6.07, 6.45) is 0. The molecule has 1 heterocycles. The third kappa shape index (κ3) is 2.76. The normalized spacial score (nSPS) is 13.6. The Morgan fingerprint density at radius 2 is 2.31 bits per heavy atom. The van der Waals surface area contributed by atoms with Crippen LogP contribution in [0.25, 0.3) is 0 Å². The molecule has 3 N–H and O–H groups in total. The van der Waals surface area contributed by atoms with E-state index in [9.17, 15) is 13.2 Å². The highest BCUT2D eigenvalue weighted by molar-refractivity contribution is 7.91. The van der Waals surface area contributed by atoms with Crippen LogP contribution in [0.3, 0.4) is 0 Å². The number of hydrogen-bond donors (Lipinski definition) is 3. The highest BCUT2D eigenvalue weighted by atomic mass is 32.2. The number of aliphatic hydroxyl groups is 1. The van der Waals surface area contributed by atoms with Crippen LogP contribution in [0.5, 0.6) is 0 Å². The number of nitrogens with zero attached hydrogens (tertiary/aromatic N) is 1. The number of carboxylic acids is 1. The van der Waals surface area contributed by atoms with Gasteiger partial charge in [0.1, 0.15) is 0 Å². The van der Waals surface area contributed by atoms with Gasteiger partial charge < -0.3 is 10.2 Å². The van der Waals surface area contributed by atoms with E-state index in [0.29, 0.717) is 11.3 Å². The Bertz CT molecular complexity index is 481. The summed E-state index contributed by atoms with van der Waals surface area (Å²) in [6.45, 7) is 1.08. The number of rotatable bonds is 5. The minimum Gasteiger partial charge on any atom is -0.476 e. The van der Waals surface area contributed by atoms with Crippen LogP contribution >= 0.6 is 11.3 Å². The van der Waals surface area contributed by atoms with Crippen molar-refractivity contribution in [2.24, 2.45) is 0 Å². The number of thiazole rings is 1. The number of aliphatic hydroxyl groups excluding tert-OH is 1. The lowest BCUT2D eigenvalue weighted by Gasteiger charge is -2.10. The zero-order valence-electron chi connectivity index (χ0n) is 8.24. The number of nitrogens with one attached hydrogen (secondary N) is 1. The Kier molecular flexibility index (Phi) is 3.97. The molecule has 9 heteroatoms. The predicted octanol–water partition coefficient (Wildman–Crippen LogP) is -0.500. The fourth-order valence-electron chi connectivity index (χ4n) is 0.924. The summed E-state index contributed by atoms with van der Waals surface area (Å²) in [5, 5.41) is 17.4. The second-order valence-electron chi connectivity index (χ2n) is 3.00. The van der Waals surface area contributed by atoms with Crippen molar-refractivity contribution < 1.29 is 23.4 Å². The Hall–Kier alpha value is -1.03. The molecule has 0 saturated heterocycles. The van der Waals surface area contributed by atoms with Crippen LogP contribution in [0.1, 0.15) is 17.4 Å². The number of aromatic nitrogens is 1. The van der Waals surface area contributed by atoms with Crippen LogP contribution in [-0.2, 0) is 10.0 Å². The first-order chi connectivity index (χ1) is 7.38. The van der Waals surface area contributed by atoms with Crippen LogP contribution in [-0.4, -0.2) is 42.2 Å². The van der Waals surface area contributed by atoms with Crippen LogP contribution in [0.2, 0.25) is 0 Å². The quantitative estimate of drug-likeness (QED) is 0.661. The second-order valence-corrected chi connectivity index (χ2v) is 5.76. The number of aromatic carboxylic acids is 1. The number of sulfonamides is 1. The smallest absolute Gasteiger partial charge is 0.356 e. The molecule has 1 rings (SSSR count). The third-order valence-corrected chi connectivity index (χ3v) is 4.57. The van der Waals surface area contributed by atoms with E-state index in [2.05, 4.69) is 9.71 Å². The maximum Gasteiger partial charge on any atom is 0.356 e. The topological polar surface area (TPSA) is 117 Å².